The molecular formula is C33H56O9. The highest BCUT2D eigenvalue weighted by Gasteiger charge is 2.32. The summed E-state index contributed by atoms with van der Waals surface area (Å²) in [5.74, 6) is 5.74. The molecule has 242 valence electrons. The Labute approximate surface area is 253 Å². The molecule has 1 rings (SSSR count). The molecule has 9 nitrogen and oxygen atoms in total. The summed E-state index contributed by atoms with van der Waals surface area (Å²) in [4.78, 5) is 23.8. The number of rotatable bonds is 23. The Kier molecular flexibility index (Phi) is 20.7. The van der Waals surface area contributed by atoms with Crippen LogP contribution in [0.4, 0.5) is 0 Å². The van der Waals surface area contributed by atoms with Gasteiger partial charge in [0.05, 0.1) is 38.4 Å². The number of aliphatic hydroxyl groups is 1. The van der Waals surface area contributed by atoms with E-state index in [4.69, 9.17) is 23.7 Å². The summed E-state index contributed by atoms with van der Waals surface area (Å²) < 4.78 is 26.5. The van der Waals surface area contributed by atoms with Crippen LogP contribution < -0.4 is 0 Å². The number of hydrogen-bond donors (Lipinski definition) is 2. The number of aliphatic carboxylic acids is 1. The third-order valence-electron chi connectivity index (χ3n) is 8.11. The minimum atomic E-state index is -0.882. The van der Waals surface area contributed by atoms with Crippen molar-refractivity contribution in [3.8, 4) is 11.8 Å². The molecule has 0 radical (unpaired) electrons. The van der Waals surface area contributed by atoms with Crippen molar-refractivity contribution in [2.24, 2.45) is 35.5 Å². The van der Waals surface area contributed by atoms with Gasteiger partial charge in [0, 0.05) is 20.1 Å². The smallest absolute Gasteiger partial charge is 0.305 e. The predicted octanol–water partition coefficient (Wildman–Crippen LogP) is 5.10. The van der Waals surface area contributed by atoms with E-state index in [9.17, 15) is 19.8 Å². The van der Waals surface area contributed by atoms with E-state index < -0.39 is 18.2 Å². The Morgan fingerprint density at radius 1 is 0.952 bits per heavy atom. The maximum absolute atomic E-state index is 12.6. The third kappa shape index (κ3) is 16.7. The van der Waals surface area contributed by atoms with Crippen molar-refractivity contribution in [1.29, 1.82) is 0 Å². The highest BCUT2D eigenvalue weighted by molar-refractivity contribution is 5.97. The maximum Gasteiger partial charge on any atom is 0.305 e. The van der Waals surface area contributed by atoms with Crippen LogP contribution in [0.5, 0.6) is 0 Å². The molecule has 0 heterocycles. The molecule has 0 aromatic heterocycles. The quantitative estimate of drug-likeness (QED) is 0.0718. The summed E-state index contributed by atoms with van der Waals surface area (Å²) in [5.41, 5.74) is 0. The fraction of sp³-hybridized carbons (Fsp3) is 0.818. The zero-order valence-electron chi connectivity index (χ0n) is 26.7. The van der Waals surface area contributed by atoms with Crippen molar-refractivity contribution in [3.05, 3.63) is 12.2 Å². The van der Waals surface area contributed by atoms with Gasteiger partial charge in [-0.15, -0.1) is 0 Å². The fourth-order valence-corrected chi connectivity index (χ4v) is 6.04. The highest BCUT2D eigenvalue weighted by Crippen LogP contribution is 2.35. The Morgan fingerprint density at radius 2 is 1.69 bits per heavy atom. The first-order valence-corrected chi connectivity index (χ1v) is 15.4. The van der Waals surface area contributed by atoms with Gasteiger partial charge in [0.25, 0.3) is 0 Å². The molecule has 42 heavy (non-hydrogen) atoms. The summed E-state index contributed by atoms with van der Waals surface area (Å²) in [6.07, 6.45) is 8.74. The van der Waals surface area contributed by atoms with Crippen molar-refractivity contribution >= 4 is 11.8 Å². The van der Waals surface area contributed by atoms with Gasteiger partial charge < -0.3 is 33.9 Å². The van der Waals surface area contributed by atoms with Crippen LogP contribution in [0.2, 0.25) is 0 Å². The van der Waals surface area contributed by atoms with Gasteiger partial charge in [0.1, 0.15) is 13.6 Å². The Bertz CT molecular complexity index is 833. The maximum atomic E-state index is 12.6. The van der Waals surface area contributed by atoms with Gasteiger partial charge in [0.2, 0.25) is 5.78 Å². The van der Waals surface area contributed by atoms with E-state index in [0.717, 1.165) is 38.5 Å². The summed E-state index contributed by atoms with van der Waals surface area (Å²) in [6, 6.07) is 0. The number of ketones is 1. The molecule has 8 atom stereocenters. The van der Waals surface area contributed by atoms with Crippen molar-refractivity contribution < 1.29 is 43.5 Å². The first kappa shape index (κ1) is 38.2. The van der Waals surface area contributed by atoms with E-state index in [0.29, 0.717) is 44.0 Å². The van der Waals surface area contributed by atoms with E-state index in [1.54, 1.807) is 13.2 Å². The fourth-order valence-electron chi connectivity index (χ4n) is 6.04. The number of hydrogen-bond acceptors (Lipinski definition) is 8. The normalized spacial score (nSPS) is 21.3. The molecule has 0 aliphatic heterocycles. The number of Topliss-reactive ketones (excluding diaryl/α,β-unsaturated/α-hetero) is 1. The average molecular weight is 597 g/mol. The number of carbonyl (C=O) groups is 2. The van der Waals surface area contributed by atoms with Crippen LogP contribution in [-0.2, 0) is 33.3 Å². The monoisotopic (exact) mass is 596 g/mol. The van der Waals surface area contributed by atoms with Gasteiger partial charge in [0.15, 0.2) is 0 Å². The highest BCUT2D eigenvalue weighted by atomic mass is 16.7. The summed E-state index contributed by atoms with van der Waals surface area (Å²) >= 11 is 0. The molecule has 0 bridgehead atoms. The largest absolute Gasteiger partial charge is 0.481 e. The van der Waals surface area contributed by atoms with Gasteiger partial charge in [-0.3, -0.25) is 9.59 Å². The number of carboxylic acids is 1. The number of aliphatic hydroxyl groups excluding tert-OH is 1. The lowest BCUT2D eigenvalue weighted by molar-refractivity contribution is -0.146. The summed E-state index contributed by atoms with van der Waals surface area (Å²) in [6.45, 7) is 10.2. The van der Waals surface area contributed by atoms with Crippen LogP contribution in [0.3, 0.4) is 0 Å². The van der Waals surface area contributed by atoms with Gasteiger partial charge >= 0.3 is 5.97 Å². The number of ether oxygens (including phenoxy) is 5. The second-order valence-electron chi connectivity index (χ2n) is 12.1. The van der Waals surface area contributed by atoms with Gasteiger partial charge in [-0.1, -0.05) is 46.1 Å². The minimum Gasteiger partial charge on any atom is -0.481 e. The molecule has 2 N–H and O–H groups in total. The molecule has 9 heteroatoms. The van der Waals surface area contributed by atoms with Crippen molar-refractivity contribution in [3.63, 3.8) is 0 Å². The summed E-state index contributed by atoms with van der Waals surface area (Å²) in [5, 5.41) is 19.9. The Hall–Kier alpha value is -1.80. The molecular weight excluding hydrogens is 540 g/mol. The molecule has 0 aromatic rings. The van der Waals surface area contributed by atoms with Crippen LogP contribution in [0, 0.1) is 47.3 Å². The van der Waals surface area contributed by atoms with Crippen LogP contribution in [-0.4, -0.2) is 81.8 Å². The molecule has 0 unspecified atom stereocenters. The lowest BCUT2D eigenvalue weighted by atomic mass is 9.83. The zero-order valence-corrected chi connectivity index (χ0v) is 26.7. The van der Waals surface area contributed by atoms with Crippen molar-refractivity contribution in [1.82, 2.24) is 0 Å². The lowest BCUT2D eigenvalue weighted by Gasteiger charge is -2.27. The second-order valence-corrected chi connectivity index (χ2v) is 12.1. The average Bonchev–Trinajstić information content (AvgIpc) is 3.40. The number of allylic oxidation sites excluding steroid dienone is 1. The molecule has 1 aliphatic rings. The zero-order chi connectivity index (χ0) is 31.3. The van der Waals surface area contributed by atoms with Crippen LogP contribution in [0.25, 0.3) is 0 Å². The van der Waals surface area contributed by atoms with Crippen LogP contribution in [0.15, 0.2) is 12.2 Å². The first-order valence-electron chi connectivity index (χ1n) is 15.4. The van der Waals surface area contributed by atoms with Crippen molar-refractivity contribution in [2.75, 3.05) is 47.6 Å². The van der Waals surface area contributed by atoms with Crippen molar-refractivity contribution in [2.45, 2.75) is 91.3 Å². The molecule has 0 amide bonds. The molecule has 1 aliphatic carbocycles. The van der Waals surface area contributed by atoms with E-state index in [2.05, 4.69) is 25.7 Å². The van der Waals surface area contributed by atoms with E-state index in [1.807, 2.05) is 19.9 Å². The second kappa shape index (κ2) is 22.7. The van der Waals surface area contributed by atoms with Crippen LogP contribution >= 0.6 is 0 Å². The van der Waals surface area contributed by atoms with E-state index in [1.165, 1.54) is 7.11 Å². The summed E-state index contributed by atoms with van der Waals surface area (Å²) in [7, 11) is 3.15. The molecule has 1 saturated carbocycles. The number of carboxylic acid groups (broad SMARTS) is 1. The number of carbonyl (C=O) groups excluding carboxylic acids is 1. The number of methoxy groups -OCH3 is 2. The lowest BCUT2D eigenvalue weighted by Crippen LogP contribution is -2.27. The topological polar surface area (TPSA) is 121 Å². The SMILES string of the molecule is COCCOCOC[C@@H]1CCC[C@H]1[C@@H](O)C/C=C/C#CC(=O)[C@@H](C)C[C@H](C)C[C@H](C)C[C@H](C)[C@H](CC(=O)O)OCOC. The Balaban J connectivity index is 2.40. The predicted molar refractivity (Wildman–Crippen MR) is 162 cm³/mol. The minimum absolute atomic E-state index is 0.0493. The Morgan fingerprint density at radius 3 is 2.38 bits per heavy atom. The molecule has 1 fully saturated rings. The third-order valence-corrected chi connectivity index (χ3v) is 8.11. The van der Waals surface area contributed by atoms with E-state index in [-0.39, 0.29) is 43.5 Å². The van der Waals surface area contributed by atoms with E-state index >= 15 is 0 Å². The molecule has 0 spiro atoms. The van der Waals surface area contributed by atoms with Gasteiger partial charge in [-0.2, -0.15) is 0 Å². The first-order chi connectivity index (χ1) is 20.1. The molecule has 0 aromatic carbocycles. The standard InChI is InChI=1S/C33H56O9/c1-24(17-25(2)19-27(4)32(20-33(36)37)42-22-39-6)18-26(3)30(34)13-8-7-9-14-31(35)29-12-10-11-28(29)21-41-23-40-16-15-38-5/h7,9,24-29,31-32,35H,10-12,14-23H2,1-6H3,(H,36,37)/b9-7+/t24-,25+,26+,27+,28+,29-,31+,32+/m1/s1. The van der Waals surface area contributed by atoms with Crippen LogP contribution in [0.1, 0.15) is 79.1 Å². The van der Waals surface area contributed by atoms with Gasteiger partial charge in [-0.25, -0.2) is 0 Å². The molecule has 0 saturated heterocycles. The van der Waals surface area contributed by atoms with Gasteiger partial charge in [-0.05, 0) is 80.1 Å².